The number of rotatable bonds is 5. The van der Waals surface area contributed by atoms with Crippen LogP contribution in [0.5, 0.6) is 0 Å². The highest BCUT2D eigenvalue weighted by atomic mass is 19.4. The van der Waals surface area contributed by atoms with Crippen LogP contribution in [0.1, 0.15) is 21.5 Å². The summed E-state index contributed by atoms with van der Waals surface area (Å²) < 4.78 is 38.6. The first-order valence-corrected chi connectivity index (χ1v) is 7.04. The van der Waals surface area contributed by atoms with Crippen LogP contribution in [0.15, 0.2) is 54.6 Å². The van der Waals surface area contributed by atoms with Crippen LogP contribution in [0.2, 0.25) is 0 Å². The van der Waals surface area contributed by atoms with Crippen molar-refractivity contribution in [1.82, 2.24) is 5.32 Å². The summed E-state index contributed by atoms with van der Waals surface area (Å²) in [5, 5.41) is 12.2. The average molecular weight is 323 g/mol. The predicted molar refractivity (Wildman–Crippen MR) is 79.9 cm³/mol. The number of benzene rings is 2. The highest BCUT2D eigenvalue weighted by Crippen LogP contribution is 2.31. The van der Waals surface area contributed by atoms with Crippen molar-refractivity contribution in [2.45, 2.75) is 18.7 Å². The Balaban J connectivity index is 1.98. The molecule has 0 aliphatic rings. The van der Waals surface area contributed by atoms with Gasteiger partial charge in [0.1, 0.15) is 0 Å². The van der Waals surface area contributed by atoms with E-state index in [1.165, 1.54) is 12.1 Å². The first kappa shape index (κ1) is 17.0. The number of aliphatic hydroxyl groups is 1. The lowest BCUT2D eigenvalue weighted by molar-refractivity contribution is -0.137. The third kappa shape index (κ3) is 4.82. The van der Waals surface area contributed by atoms with E-state index in [1.54, 1.807) is 0 Å². The number of hydrogen-bond donors (Lipinski definition) is 2. The van der Waals surface area contributed by atoms with Gasteiger partial charge in [-0.05, 0) is 17.7 Å². The maximum absolute atomic E-state index is 12.9. The molecule has 0 fully saturated rings. The van der Waals surface area contributed by atoms with E-state index in [9.17, 15) is 23.1 Å². The number of aliphatic hydroxyl groups excluding tert-OH is 1. The molecular weight excluding hydrogens is 307 g/mol. The Hall–Kier alpha value is -2.34. The van der Waals surface area contributed by atoms with Gasteiger partial charge in [-0.3, -0.25) is 4.79 Å². The van der Waals surface area contributed by atoms with Gasteiger partial charge in [0, 0.05) is 13.0 Å². The minimum atomic E-state index is -4.60. The number of carbonyl (C=O) groups excluding carboxylic acids is 1. The molecule has 2 aromatic carbocycles. The molecule has 0 aliphatic heterocycles. The number of carbonyl (C=O) groups is 1. The van der Waals surface area contributed by atoms with Crippen LogP contribution >= 0.6 is 0 Å². The maximum Gasteiger partial charge on any atom is 0.417 e. The molecule has 0 spiro atoms. The summed E-state index contributed by atoms with van der Waals surface area (Å²) in [6.07, 6.45) is -5.17. The van der Waals surface area contributed by atoms with Gasteiger partial charge < -0.3 is 10.4 Å². The molecule has 122 valence electrons. The van der Waals surface area contributed by atoms with Crippen LogP contribution in [0, 0.1) is 0 Å². The van der Waals surface area contributed by atoms with Gasteiger partial charge in [0.15, 0.2) is 0 Å². The average Bonchev–Trinajstić information content (AvgIpc) is 2.53. The highest BCUT2D eigenvalue weighted by Gasteiger charge is 2.34. The SMILES string of the molecule is O=C(NCC(O)Cc1ccccc1)c1ccccc1C(F)(F)F. The van der Waals surface area contributed by atoms with Crippen molar-refractivity contribution in [2.75, 3.05) is 6.54 Å². The third-order valence-corrected chi connectivity index (χ3v) is 3.29. The Labute approximate surface area is 131 Å². The third-order valence-electron chi connectivity index (χ3n) is 3.29. The summed E-state index contributed by atoms with van der Waals surface area (Å²) in [5.41, 5.74) is -0.563. The van der Waals surface area contributed by atoms with E-state index in [1.807, 2.05) is 30.3 Å². The predicted octanol–water partition coefficient (Wildman–Crippen LogP) is 3.04. The Morgan fingerprint density at radius 2 is 1.65 bits per heavy atom. The molecular formula is C17H16F3NO2. The van der Waals surface area contributed by atoms with Gasteiger partial charge in [0.2, 0.25) is 0 Å². The first-order chi connectivity index (χ1) is 10.9. The Morgan fingerprint density at radius 3 is 2.30 bits per heavy atom. The first-order valence-electron chi connectivity index (χ1n) is 7.04. The molecule has 2 N–H and O–H groups in total. The summed E-state index contributed by atoms with van der Waals surface area (Å²) in [6, 6.07) is 13.7. The van der Waals surface area contributed by atoms with E-state index in [2.05, 4.69) is 5.32 Å². The lowest BCUT2D eigenvalue weighted by Crippen LogP contribution is -2.34. The van der Waals surface area contributed by atoms with Crippen LogP contribution in [-0.4, -0.2) is 23.7 Å². The van der Waals surface area contributed by atoms with Gasteiger partial charge in [0.05, 0.1) is 17.2 Å². The van der Waals surface area contributed by atoms with Crippen molar-refractivity contribution in [1.29, 1.82) is 0 Å². The lowest BCUT2D eigenvalue weighted by atomic mass is 10.1. The standard InChI is InChI=1S/C17H16F3NO2/c18-17(19,20)15-9-5-4-8-14(15)16(23)21-11-13(22)10-12-6-2-1-3-7-12/h1-9,13,22H,10-11H2,(H,21,23). The highest BCUT2D eigenvalue weighted by molar-refractivity contribution is 5.95. The van der Waals surface area contributed by atoms with Crippen molar-refractivity contribution in [3.8, 4) is 0 Å². The second kappa shape index (κ2) is 7.28. The summed E-state index contributed by atoms with van der Waals surface area (Å²) in [7, 11) is 0. The van der Waals surface area contributed by atoms with Gasteiger partial charge >= 0.3 is 6.18 Å². The van der Waals surface area contributed by atoms with E-state index < -0.39 is 29.3 Å². The van der Waals surface area contributed by atoms with Crippen molar-refractivity contribution in [2.24, 2.45) is 0 Å². The normalized spacial score (nSPS) is 12.7. The Kier molecular flexibility index (Phi) is 5.39. The van der Waals surface area contributed by atoms with Gasteiger partial charge in [0.25, 0.3) is 5.91 Å². The molecule has 0 saturated carbocycles. The van der Waals surface area contributed by atoms with Gasteiger partial charge in [-0.25, -0.2) is 0 Å². The molecule has 1 atom stereocenters. The Morgan fingerprint density at radius 1 is 1.04 bits per heavy atom. The van der Waals surface area contributed by atoms with E-state index >= 15 is 0 Å². The minimum absolute atomic E-state index is 0.125. The van der Waals surface area contributed by atoms with Crippen LogP contribution in [-0.2, 0) is 12.6 Å². The molecule has 6 heteroatoms. The van der Waals surface area contributed by atoms with E-state index in [0.717, 1.165) is 17.7 Å². The number of halogens is 3. The van der Waals surface area contributed by atoms with Crippen LogP contribution in [0.4, 0.5) is 13.2 Å². The van der Waals surface area contributed by atoms with E-state index in [0.29, 0.717) is 6.42 Å². The number of alkyl halides is 3. The summed E-state index contributed by atoms with van der Waals surface area (Å²) in [6.45, 7) is -0.125. The number of hydrogen-bond acceptors (Lipinski definition) is 2. The zero-order chi connectivity index (χ0) is 16.9. The molecule has 23 heavy (non-hydrogen) atoms. The summed E-state index contributed by atoms with van der Waals surface area (Å²) in [4.78, 5) is 11.9. The van der Waals surface area contributed by atoms with Crippen molar-refractivity contribution in [3.05, 3.63) is 71.3 Å². The van der Waals surface area contributed by atoms with Gasteiger partial charge in [-0.15, -0.1) is 0 Å². The minimum Gasteiger partial charge on any atom is -0.391 e. The maximum atomic E-state index is 12.9. The fourth-order valence-corrected chi connectivity index (χ4v) is 2.19. The van der Waals surface area contributed by atoms with E-state index in [-0.39, 0.29) is 6.54 Å². The van der Waals surface area contributed by atoms with Crippen molar-refractivity contribution in [3.63, 3.8) is 0 Å². The van der Waals surface area contributed by atoms with Crippen LogP contribution < -0.4 is 5.32 Å². The molecule has 1 unspecified atom stereocenters. The zero-order valence-corrected chi connectivity index (χ0v) is 12.2. The monoisotopic (exact) mass is 323 g/mol. The molecule has 0 saturated heterocycles. The fraction of sp³-hybridized carbons (Fsp3) is 0.235. The fourth-order valence-electron chi connectivity index (χ4n) is 2.19. The Bertz CT molecular complexity index is 656. The topological polar surface area (TPSA) is 49.3 Å². The van der Waals surface area contributed by atoms with E-state index in [4.69, 9.17) is 0 Å². The lowest BCUT2D eigenvalue weighted by Gasteiger charge is -2.15. The summed E-state index contributed by atoms with van der Waals surface area (Å²) >= 11 is 0. The molecule has 3 nitrogen and oxygen atoms in total. The number of amides is 1. The number of nitrogens with one attached hydrogen (secondary N) is 1. The van der Waals surface area contributed by atoms with Gasteiger partial charge in [-0.1, -0.05) is 42.5 Å². The van der Waals surface area contributed by atoms with Crippen LogP contribution in [0.25, 0.3) is 0 Å². The molecule has 2 aromatic rings. The molecule has 2 rings (SSSR count). The van der Waals surface area contributed by atoms with Crippen molar-refractivity contribution < 1.29 is 23.1 Å². The molecule has 0 heterocycles. The quantitative estimate of drug-likeness (QED) is 0.888. The second-order valence-corrected chi connectivity index (χ2v) is 5.10. The van der Waals surface area contributed by atoms with Crippen LogP contribution in [0.3, 0.4) is 0 Å². The summed E-state index contributed by atoms with van der Waals surface area (Å²) in [5.74, 6) is -0.856. The molecule has 1 amide bonds. The molecule has 0 radical (unpaired) electrons. The van der Waals surface area contributed by atoms with Gasteiger partial charge in [-0.2, -0.15) is 13.2 Å². The largest absolute Gasteiger partial charge is 0.417 e. The van der Waals surface area contributed by atoms with Crippen molar-refractivity contribution >= 4 is 5.91 Å². The zero-order valence-electron chi connectivity index (χ0n) is 12.2. The smallest absolute Gasteiger partial charge is 0.391 e. The second-order valence-electron chi connectivity index (χ2n) is 5.10. The molecule has 0 aromatic heterocycles. The molecule has 0 bridgehead atoms. The molecule has 0 aliphatic carbocycles.